The van der Waals surface area contributed by atoms with Gasteiger partial charge in [-0.15, -0.1) is 5.10 Å². The summed E-state index contributed by atoms with van der Waals surface area (Å²) in [4.78, 5) is 4.83. The number of benzene rings is 1. The maximum absolute atomic E-state index is 4.83. The van der Waals surface area contributed by atoms with Crippen molar-refractivity contribution in [2.24, 2.45) is 0 Å². The fourth-order valence-corrected chi connectivity index (χ4v) is 4.72. The summed E-state index contributed by atoms with van der Waals surface area (Å²) in [6.07, 6.45) is 5.22. The van der Waals surface area contributed by atoms with Crippen LogP contribution in [0.1, 0.15) is 103 Å². The van der Waals surface area contributed by atoms with Gasteiger partial charge in [0.1, 0.15) is 5.82 Å². The summed E-state index contributed by atoms with van der Waals surface area (Å²) in [7, 11) is 0. The standard InChI is InChI=1S/C29H42N8/c1-9-11-13-25-30-24(12-10-2)33-36(25)19-20-14-16-21(17-15-20)37-23(29(6,7)8)18-22(28(3,4)5)26(37)27-31-34-35-32-27/h14-18H,9-13,19H2,1-8H3,(H,31,32,34,35). The molecule has 0 aliphatic heterocycles. The van der Waals surface area contributed by atoms with E-state index in [-0.39, 0.29) is 10.8 Å². The first kappa shape index (κ1) is 26.8. The molecule has 4 rings (SSSR count). The van der Waals surface area contributed by atoms with Gasteiger partial charge in [0.15, 0.2) is 11.6 Å². The highest BCUT2D eigenvalue weighted by Gasteiger charge is 2.31. The van der Waals surface area contributed by atoms with Gasteiger partial charge in [0, 0.05) is 29.6 Å². The van der Waals surface area contributed by atoms with Crippen LogP contribution in [0.3, 0.4) is 0 Å². The van der Waals surface area contributed by atoms with Crippen molar-refractivity contribution in [3.63, 3.8) is 0 Å². The minimum atomic E-state index is -0.0779. The molecule has 4 aromatic rings. The molecule has 0 amide bonds. The fraction of sp³-hybridized carbons (Fsp3) is 0.552. The smallest absolute Gasteiger partial charge is 0.196 e. The van der Waals surface area contributed by atoms with Crippen LogP contribution in [0.15, 0.2) is 30.3 Å². The van der Waals surface area contributed by atoms with Gasteiger partial charge < -0.3 is 4.57 Å². The van der Waals surface area contributed by atoms with Gasteiger partial charge in [0.05, 0.1) is 12.2 Å². The van der Waals surface area contributed by atoms with E-state index in [2.05, 4.69) is 116 Å². The van der Waals surface area contributed by atoms with Gasteiger partial charge in [-0.2, -0.15) is 5.10 Å². The van der Waals surface area contributed by atoms with Crippen LogP contribution in [0.25, 0.3) is 17.2 Å². The molecular weight excluding hydrogens is 460 g/mol. The molecular formula is C29H42N8. The lowest BCUT2D eigenvalue weighted by Crippen LogP contribution is -2.17. The van der Waals surface area contributed by atoms with Gasteiger partial charge in [0.2, 0.25) is 0 Å². The summed E-state index contributed by atoms with van der Waals surface area (Å²) in [6.45, 7) is 18.6. The highest BCUT2D eigenvalue weighted by atomic mass is 15.5. The minimum absolute atomic E-state index is 0.0744. The summed E-state index contributed by atoms with van der Waals surface area (Å²) >= 11 is 0. The molecule has 0 bridgehead atoms. The first-order valence-electron chi connectivity index (χ1n) is 13.6. The van der Waals surface area contributed by atoms with E-state index in [0.29, 0.717) is 5.82 Å². The van der Waals surface area contributed by atoms with Crippen molar-refractivity contribution in [3.8, 4) is 17.2 Å². The predicted octanol–water partition coefficient (Wildman–Crippen LogP) is 6.19. The molecule has 37 heavy (non-hydrogen) atoms. The fourth-order valence-electron chi connectivity index (χ4n) is 4.72. The molecule has 0 spiro atoms. The second-order valence-electron chi connectivity index (χ2n) is 12.0. The molecule has 0 aliphatic rings. The lowest BCUT2D eigenvalue weighted by molar-refractivity contribution is 0.556. The number of rotatable bonds is 9. The summed E-state index contributed by atoms with van der Waals surface area (Å²) < 4.78 is 4.41. The average Bonchev–Trinajstić information content (AvgIpc) is 3.56. The van der Waals surface area contributed by atoms with Crippen molar-refractivity contribution < 1.29 is 0 Å². The molecule has 0 fully saturated rings. The molecule has 0 aliphatic carbocycles. The maximum Gasteiger partial charge on any atom is 0.196 e. The second-order valence-corrected chi connectivity index (χ2v) is 12.0. The summed E-state index contributed by atoms with van der Waals surface area (Å²) in [6, 6.07) is 11.1. The lowest BCUT2D eigenvalue weighted by Gasteiger charge is -2.23. The van der Waals surface area contributed by atoms with Gasteiger partial charge in [0.25, 0.3) is 0 Å². The van der Waals surface area contributed by atoms with Crippen molar-refractivity contribution >= 4 is 0 Å². The predicted molar refractivity (Wildman–Crippen MR) is 148 cm³/mol. The van der Waals surface area contributed by atoms with Gasteiger partial charge >= 0.3 is 0 Å². The number of hydrogen-bond acceptors (Lipinski definition) is 5. The zero-order valence-corrected chi connectivity index (χ0v) is 23.8. The lowest BCUT2D eigenvalue weighted by atomic mass is 9.85. The second kappa shape index (κ2) is 10.6. The van der Waals surface area contributed by atoms with Crippen LogP contribution in [0.4, 0.5) is 0 Å². The summed E-state index contributed by atoms with van der Waals surface area (Å²) in [5, 5.41) is 19.9. The Morgan fingerprint density at radius 3 is 2.19 bits per heavy atom. The molecule has 198 valence electrons. The molecule has 8 heteroatoms. The van der Waals surface area contributed by atoms with Gasteiger partial charge in [-0.1, -0.05) is 73.9 Å². The number of aromatic nitrogens is 8. The molecule has 1 aromatic carbocycles. The molecule has 0 radical (unpaired) electrons. The van der Waals surface area contributed by atoms with Crippen LogP contribution in [-0.2, 0) is 30.2 Å². The van der Waals surface area contributed by atoms with E-state index in [4.69, 9.17) is 10.1 Å². The summed E-state index contributed by atoms with van der Waals surface area (Å²) in [5.41, 5.74) is 5.59. The number of aryl methyl sites for hydroxylation is 2. The average molecular weight is 503 g/mol. The number of aromatic amines is 1. The van der Waals surface area contributed by atoms with Crippen LogP contribution in [0.2, 0.25) is 0 Å². The number of nitrogens with zero attached hydrogens (tertiary/aromatic N) is 7. The topological polar surface area (TPSA) is 90.1 Å². The third-order valence-electron chi connectivity index (χ3n) is 6.69. The molecule has 0 saturated carbocycles. The zero-order valence-electron chi connectivity index (χ0n) is 23.8. The van der Waals surface area contributed by atoms with Crippen molar-refractivity contribution in [2.45, 2.75) is 105 Å². The van der Waals surface area contributed by atoms with Crippen molar-refractivity contribution in [3.05, 3.63) is 58.8 Å². The van der Waals surface area contributed by atoms with Crippen molar-refractivity contribution in [1.29, 1.82) is 0 Å². The number of tetrazole rings is 1. The van der Waals surface area contributed by atoms with Gasteiger partial charge in [-0.3, -0.25) is 0 Å². The van der Waals surface area contributed by atoms with Crippen molar-refractivity contribution in [1.82, 2.24) is 40.0 Å². The largest absolute Gasteiger partial charge is 0.310 e. The first-order valence-corrected chi connectivity index (χ1v) is 13.6. The number of H-pyrrole nitrogens is 1. The highest BCUT2D eigenvalue weighted by molar-refractivity contribution is 5.64. The van der Waals surface area contributed by atoms with E-state index in [9.17, 15) is 0 Å². The Labute approximate surface area is 220 Å². The van der Waals surface area contributed by atoms with Crippen LogP contribution in [0.5, 0.6) is 0 Å². The van der Waals surface area contributed by atoms with Crippen LogP contribution < -0.4 is 0 Å². The molecule has 8 nitrogen and oxygen atoms in total. The minimum Gasteiger partial charge on any atom is -0.310 e. The molecule has 3 aromatic heterocycles. The van der Waals surface area contributed by atoms with Crippen LogP contribution in [0, 0.1) is 0 Å². The normalized spacial score (nSPS) is 12.4. The van der Waals surface area contributed by atoms with E-state index in [1.165, 1.54) is 16.8 Å². The first-order chi connectivity index (χ1) is 17.5. The van der Waals surface area contributed by atoms with Gasteiger partial charge in [-0.05, 0) is 58.0 Å². The molecule has 0 atom stereocenters. The number of unbranched alkanes of at least 4 members (excludes halogenated alkanes) is 1. The Morgan fingerprint density at radius 1 is 0.892 bits per heavy atom. The number of hydrogen-bond donors (Lipinski definition) is 1. The summed E-state index contributed by atoms with van der Waals surface area (Å²) in [5.74, 6) is 2.72. The van der Waals surface area contributed by atoms with Crippen molar-refractivity contribution in [2.75, 3.05) is 0 Å². The Bertz CT molecular complexity index is 1300. The van der Waals surface area contributed by atoms with Gasteiger partial charge in [-0.25, -0.2) is 14.8 Å². The Hall–Kier alpha value is -3.29. The van der Waals surface area contributed by atoms with E-state index >= 15 is 0 Å². The Balaban J connectivity index is 1.76. The molecule has 0 unspecified atom stereocenters. The number of nitrogens with one attached hydrogen (secondary N) is 1. The van der Waals surface area contributed by atoms with E-state index < -0.39 is 0 Å². The maximum atomic E-state index is 4.83. The third kappa shape index (κ3) is 5.84. The van der Waals surface area contributed by atoms with E-state index in [1.54, 1.807) is 0 Å². The van der Waals surface area contributed by atoms with E-state index in [1.807, 2.05) is 0 Å². The SMILES string of the molecule is CCCCc1nc(CCC)nn1Cc1ccc(-n2c(C(C)(C)C)cc(C(C)(C)C)c2-c2nnn[nH]2)cc1. The Kier molecular flexibility index (Phi) is 7.67. The quantitative estimate of drug-likeness (QED) is 0.295. The van der Waals surface area contributed by atoms with Crippen LogP contribution in [-0.4, -0.2) is 40.0 Å². The Morgan fingerprint density at radius 2 is 1.62 bits per heavy atom. The van der Waals surface area contributed by atoms with Crippen LogP contribution >= 0.6 is 0 Å². The van der Waals surface area contributed by atoms with E-state index in [0.717, 1.165) is 61.7 Å². The third-order valence-corrected chi connectivity index (χ3v) is 6.69. The monoisotopic (exact) mass is 502 g/mol. The molecule has 3 heterocycles. The molecule has 1 N–H and O–H groups in total. The zero-order chi connectivity index (χ0) is 26.8. The highest BCUT2D eigenvalue weighted by Crippen LogP contribution is 2.40. The molecule has 0 saturated heterocycles.